The van der Waals surface area contributed by atoms with Crippen LogP contribution in [0.2, 0.25) is 0 Å². The second-order valence-corrected chi connectivity index (χ2v) is 5.52. The number of carbonyl (C=O) groups is 2. The number of aliphatic carboxylic acids is 1. The summed E-state index contributed by atoms with van der Waals surface area (Å²) in [5, 5.41) is 8.87. The van der Waals surface area contributed by atoms with Gasteiger partial charge in [-0.2, -0.15) is 13.2 Å². The fourth-order valence-electron chi connectivity index (χ4n) is 2.38. The van der Waals surface area contributed by atoms with E-state index in [9.17, 15) is 22.8 Å². The monoisotopic (exact) mass is 343 g/mol. The minimum Gasteiger partial charge on any atom is -0.480 e. The van der Waals surface area contributed by atoms with Crippen LogP contribution in [0.1, 0.15) is 19.7 Å². The van der Waals surface area contributed by atoms with E-state index in [-0.39, 0.29) is 11.0 Å². The van der Waals surface area contributed by atoms with Crippen LogP contribution >= 0.6 is 0 Å². The summed E-state index contributed by atoms with van der Waals surface area (Å²) in [6, 6.07) is 5.48. The first kappa shape index (κ1) is 17.8. The molecule has 0 atom stereocenters. The van der Waals surface area contributed by atoms with E-state index in [0.29, 0.717) is 0 Å². The van der Waals surface area contributed by atoms with Gasteiger partial charge in [0.1, 0.15) is 13.1 Å². The van der Waals surface area contributed by atoms with E-state index in [4.69, 9.17) is 5.11 Å². The van der Waals surface area contributed by atoms with Crippen molar-refractivity contribution in [2.24, 2.45) is 0 Å². The molecule has 0 unspecified atom stereocenters. The molecule has 24 heavy (non-hydrogen) atoms. The van der Waals surface area contributed by atoms with Gasteiger partial charge < -0.3 is 14.6 Å². The molecular weight excluding hydrogens is 327 g/mol. The maximum Gasteiger partial charge on any atom is 0.449 e. The van der Waals surface area contributed by atoms with Gasteiger partial charge in [-0.25, -0.2) is 4.98 Å². The van der Waals surface area contributed by atoms with Crippen molar-refractivity contribution in [2.45, 2.75) is 32.6 Å². The smallest absolute Gasteiger partial charge is 0.449 e. The number of carboxylic acids is 1. The van der Waals surface area contributed by atoms with Gasteiger partial charge in [0.15, 0.2) is 0 Å². The Kier molecular flexibility index (Phi) is 4.81. The molecular formula is C15H16F3N3O3. The third-order valence-electron chi connectivity index (χ3n) is 3.45. The Morgan fingerprint density at radius 3 is 2.46 bits per heavy atom. The molecule has 9 heteroatoms. The highest BCUT2D eigenvalue weighted by Crippen LogP contribution is 2.31. The summed E-state index contributed by atoms with van der Waals surface area (Å²) < 4.78 is 40.4. The van der Waals surface area contributed by atoms with Crippen molar-refractivity contribution in [3.05, 3.63) is 30.1 Å². The normalized spacial score (nSPS) is 11.9. The molecule has 6 nitrogen and oxygen atoms in total. The number of rotatable bonds is 5. The molecule has 0 fully saturated rings. The van der Waals surface area contributed by atoms with Gasteiger partial charge in [-0.1, -0.05) is 12.1 Å². The lowest BCUT2D eigenvalue weighted by Crippen LogP contribution is -2.42. The number of fused-ring (bicyclic) bond motifs is 1. The second kappa shape index (κ2) is 6.50. The summed E-state index contributed by atoms with van der Waals surface area (Å²) in [7, 11) is 0. The standard InChI is InChI=1S/C15H16F3N3O3/c1-9(2)20(8-13(23)24)12(22)7-21-11-6-4-3-5-10(11)19-14(21)15(16,17)18/h3-6,9H,7-8H2,1-2H3,(H,23,24). The average molecular weight is 343 g/mol. The van der Waals surface area contributed by atoms with Crippen molar-refractivity contribution < 1.29 is 27.9 Å². The number of halogens is 3. The van der Waals surface area contributed by atoms with Crippen LogP contribution in [0, 0.1) is 0 Å². The van der Waals surface area contributed by atoms with Gasteiger partial charge in [-0.3, -0.25) is 9.59 Å². The topological polar surface area (TPSA) is 75.4 Å². The van der Waals surface area contributed by atoms with Gasteiger partial charge in [-0.15, -0.1) is 0 Å². The van der Waals surface area contributed by atoms with Crippen LogP contribution in [0.3, 0.4) is 0 Å². The zero-order chi connectivity index (χ0) is 18.1. The van der Waals surface area contributed by atoms with Crippen molar-refractivity contribution in [3.63, 3.8) is 0 Å². The molecule has 0 aliphatic carbocycles. The summed E-state index contributed by atoms with van der Waals surface area (Å²) in [4.78, 5) is 27.8. The van der Waals surface area contributed by atoms with Gasteiger partial charge in [-0.05, 0) is 26.0 Å². The van der Waals surface area contributed by atoms with Gasteiger partial charge in [0, 0.05) is 6.04 Å². The van der Waals surface area contributed by atoms with Crippen molar-refractivity contribution in [3.8, 4) is 0 Å². The lowest BCUT2D eigenvalue weighted by molar-refractivity contribution is -0.150. The molecule has 0 radical (unpaired) electrons. The maximum atomic E-state index is 13.2. The molecule has 1 heterocycles. The van der Waals surface area contributed by atoms with Crippen molar-refractivity contribution in [1.29, 1.82) is 0 Å². The van der Waals surface area contributed by atoms with E-state index >= 15 is 0 Å². The molecule has 2 aromatic rings. The molecule has 0 saturated carbocycles. The average Bonchev–Trinajstić information content (AvgIpc) is 2.83. The summed E-state index contributed by atoms with van der Waals surface area (Å²) in [6.07, 6.45) is -4.73. The Labute approximate surface area is 135 Å². The van der Waals surface area contributed by atoms with E-state index in [1.165, 1.54) is 12.1 Å². The molecule has 1 aromatic heterocycles. The number of alkyl halides is 3. The quantitative estimate of drug-likeness (QED) is 0.904. The molecule has 0 aliphatic heterocycles. The minimum absolute atomic E-state index is 0.118. The Bertz CT molecular complexity index is 768. The van der Waals surface area contributed by atoms with E-state index in [0.717, 1.165) is 9.47 Å². The maximum absolute atomic E-state index is 13.2. The van der Waals surface area contributed by atoms with E-state index in [1.807, 2.05) is 0 Å². The number of aromatic nitrogens is 2. The lowest BCUT2D eigenvalue weighted by Gasteiger charge is -2.25. The van der Waals surface area contributed by atoms with Crippen LogP contribution in [0.15, 0.2) is 24.3 Å². The number of para-hydroxylation sites is 2. The van der Waals surface area contributed by atoms with E-state index in [2.05, 4.69) is 4.98 Å². The van der Waals surface area contributed by atoms with Gasteiger partial charge in [0.25, 0.3) is 0 Å². The highest BCUT2D eigenvalue weighted by Gasteiger charge is 2.38. The van der Waals surface area contributed by atoms with Crippen molar-refractivity contribution in [1.82, 2.24) is 14.5 Å². The number of benzene rings is 1. The van der Waals surface area contributed by atoms with E-state index < -0.39 is 43.0 Å². The first-order valence-electron chi connectivity index (χ1n) is 7.15. The number of carbonyl (C=O) groups excluding carboxylic acids is 1. The Balaban J connectivity index is 2.44. The molecule has 0 aliphatic rings. The number of hydrogen-bond acceptors (Lipinski definition) is 3. The van der Waals surface area contributed by atoms with Gasteiger partial charge in [0.2, 0.25) is 11.7 Å². The minimum atomic E-state index is -4.73. The van der Waals surface area contributed by atoms with Crippen LogP contribution in [0.4, 0.5) is 13.2 Å². The summed E-state index contributed by atoms with van der Waals surface area (Å²) in [5.74, 6) is -3.14. The Hall–Kier alpha value is -2.58. The summed E-state index contributed by atoms with van der Waals surface area (Å²) >= 11 is 0. The fourth-order valence-corrected chi connectivity index (χ4v) is 2.38. The number of amides is 1. The summed E-state index contributed by atoms with van der Waals surface area (Å²) in [5.41, 5.74) is 0.282. The number of carboxylic acid groups (broad SMARTS) is 1. The molecule has 130 valence electrons. The second-order valence-electron chi connectivity index (χ2n) is 5.52. The van der Waals surface area contributed by atoms with Crippen LogP contribution < -0.4 is 0 Å². The third kappa shape index (κ3) is 3.66. The number of hydrogen-bond donors (Lipinski definition) is 1. The van der Waals surface area contributed by atoms with E-state index in [1.54, 1.807) is 26.0 Å². The first-order chi connectivity index (χ1) is 11.1. The molecule has 0 spiro atoms. The highest BCUT2D eigenvalue weighted by molar-refractivity contribution is 5.84. The number of imidazole rings is 1. The van der Waals surface area contributed by atoms with Crippen LogP contribution in [-0.2, 0) is 22.3 Å². The van der Waals surface area contributed by atoms with Crippen molar-refractivity contribution in [2.75, 3.05) is 6.54 Å². The van der Waals surface area contributed by atoms with Crippen LogP contribution in [-0.4, -0.2) is 44.0 Å². The van der Waals surface area contributed by atoms with Gasteiger partial charge in [0.05, 0.1) is 11.0 Å². The molecule has 2 rings (SSSR count). The zero-order valence-corrected chi connectivity index (χ0v) is 13.0. The fraction of sp³-hybridized carbons (Fsp3) is 0.400. The zero-order valence-electron chi connectivity index (χ0n) is 13.0. The third-order valence-corrected chi connectivity index (χ3v) is 3.45. The largest absolute Gasteiger partial charge is 0.480 e. The van der Waals surface area contributed by atoms with Gasteiger partial charge >= 0.3 is 12.1 Å². The van der Waals surface area contributed by atoms with Crippen LogP contribution in [0.25, 0.3) is 11.0 Å². The molecule has 1 amide bonds. The Morgan fingerprint density at radius 1 is 1.29 bits per heavy atom. The Morgan fingerprint density at radius 2 is 1.92 bits per heavy atom. The SMILES string of the molecule is CC(C)N(CC(=O)O)C(=O)Cn1c(C(F)(F)F)nc2ccccc21. The molecule has 1 N–H and O–H groups in total. The predicted molar refractivity (Wildman–Crippen MR) is 79.2 cm³/mol. The highest BCUT2D eigenvalue weighted by atomic mass is 19.4. The van der Waals surface area contributed by atoms with Crippen molar-refractivity contribution >= 4 is 22.9 Å². The predicted octanol–water partition coefficient (Wildman–Crippen LogP) is 2.38. The lowest BCUT2D eigenvalue weighted by atomic mass is 10.3. The number of nitrogens with zero attached hydrogens (tertiary/aromatic N) is 3. The summed E-state index contributed by atoms with van der Waals surface area (Å²) in [6.45, 7) is 1.97. The first-order valence-corrected chi connectivity index (χ1v) is 7.15. The molecule has 0 bridgehead atoms. The molecule has 1 aromatic carbocycles. The van der Waals surface area contributed by atoms with Crippen LogP contribution in [0.5, 0.6) is 0 Å². The molecule has 0 saturated heterocycles.